The average molecular weight is 576 g/mol. The molecule has 7 aromatic carbocycles. The zero-order valence-corrected chi connectivity index (χ0v) is 25.4. The molecular formula is C43H31Si. The van der Waals surface area contributed by atoms with Crippen molar-refractivity contribution in [2.75, 3.05) is 0 Å². The Bertz CT molecular complexity index is 1970. The molecule has 1 aliphatic rings. The molecule has 0 spiro atoms. The van der Waals surface area contributed by atoms with Crippen LogP contribution in [0.15, 0.2) is 188 Å². The van der Waals surface area contributed by atoms with Crippen molar-refractivity contribution in [2.24, 2.45) is 0 Å². The average Bonchev–Trinajstić information content (AvgIpc) is 3.41. The van der Waals surface area contributed by atoms with Crippen LogP contribution in [-0.4, -0.2) is 8.80 Å². The van der Waals surface area contributed by atoms with Crippen molar-refractivity contribution in [2.45, 2.75) is 5.41 Å². The highest BCUT2D eigenvalue weighted by Crippen LogP contribution is 2.56. The summed E-state index contributed by atoms with van der Waals surface area (Å²) in [6.07, 6.45) is 0. The van der Waals surface area contributed by atoms with Crippen LogP contribution in [0.5, 0.6) is 0 Å². The predicted octanol–water partition coefficient (Wildman–Crippen LogP) is 8.23. The first-order valence-electron chi connectivity index (χ1n) is 15.3. The second-order valence-electron chi connectivity index (χ2n) is 11.5. The highest BCUT2D eigenvalue weighted by Gasteiger charge is 2.45. The molecule has 0 unspecified atom stereocenters. The molecule has 8 rings (SSSR count). The van der Waals surface area contributed by atoms with E-state index in [2.05, 4.69) is 188 Å². The maximum absolute atomic E-state index is 2.43. The minimum Gasteiger partial charge on any atom is -0.0624 e. The molecule has 0 atom stereocenters. The lowest BCUT2D eigenvalue weighted by Crippen LogP contribution is -2.51. The van der Waals surface area contributed by atoms with Gasteiger partial charge in [0.05, 0.1) is 5.41 Å². The molecule has 0 saturated carbocycles. The fourth-order valence-electron chi connectivity index (χ4n) is 7.19. The number of fused-ring (bicyclic) bond motifs is 3. The van der Waals surface area contributed by atoms with Gasteiger partial charge in [-0.25, -0.2) is 0 Å². The molecule has 7 aromatic rings. The van der Waals surface area contributed by atoms with E-state index in [9.17, 15) is 0 Å². The van der Waals surface area contributed by atoms with Crippen molar-refractivity contribution < 1.29 is 0 Å². The standard InChI is InChI=1S/C43H31Si/c1-5-17-34(18-6-1)43(35-19-7-2-8-20-35)41-27-14-13-26-39(41)40-31-33(28-29-42(40)43)32-16-15-25-38(30-32)44(36-21-9-3-10-22-36)37-23-11-4-12-24-37/h1-31H. The topological polar surface area (TPSA) is 0 Å². The Morgan fingerprint density at radius 1 is 0.318 bits per heavy atom. The smallest absolute Gasteiger partial charge is 0.0624 e. The van der Waals surface area contributed by atoms with E-state index in [4.69, 9.17) is 0 Å². The summed E-state index contributed by atoms with van der Waals surface area (Å²) in [4.78, 5) is 0. The molecule has 44 heavy (non-hydrogen) atoms. The van der Waals surface area contributed by atoms with Gasteiger partial charge < -0.3 is 0 Å². The molecule has 1 heteroatoms. The van der Waals surface area contributed by atoms with Gasteiger partial charge in [0.2, 0.25) is 0 Å². The van der Waals surface area contributed by atoms with Crippen LogP contribution in [0.2, 0.25) is 0 Å². The van der Waals surface area contributed by atoms with Gasteiger partial charge in [-0.3, -0.25) is 0 Å². The lowest BCUT2D eigenvalue weighted by atomic mass is 9.67. The molecule has 1 radical (unpaired) electrons. The lowest BCUT2D eigenvalue weighted by Gasteiger charge is -2.33. The normalized spacial score (nSPS) is 12.9. The second-order valence-corrected chi connectivity index (χ2v) is 14.0. The molecular weight excluding hydrogens is 545 g/mol. The zero-order valence-electron chi connectivity index (χ0n) is 24.4. The van der Waals surface area contributed by atoms with Gasteiger partial charge in [0.15, 0.2) is 8.80 Å². The van der Waals surface area contributed by atoms with Crippen LogP contribution >= 0.6 is 0 Å². The second kappa shape index (κ2) is 11.1. The fraction of sp³-hybridized carbons (Fsp3) is 0.0233. The van der Waals surface area contributed by atoms with E-state index in [0.29, 0.717) is 0 Å². The van der Waals surface area contributed by atoms with Crippen molar-refractivity contribution in [1.82, 2.24) is 0 Å². The van der Waals surface area contributed by atoms with Gasteiger partial charge in [0.25, 0.3) is 0 Å². The van der Waals surface area contributed by atoms with Gasteiger partial charge in [-0.1, -0.05) is 198 Å². The van der Waals surface area contributed by atoms with E-state index >= 15 is 0 Å². The highest BCUT2D eigenvalue weighted by atomic mass is 28.3. The van der Waals surface area contributed by atoms with Crippen molar-refractivity contribution in [3.8, 4) is 22.3 Å². The molecule has 0 fully saturated rings. The predicted molar refractivity (Wildman–Crippen MR) is 187 cm³/mol. The molecule has 0 amide bonds. The Morgan fingerprint density at radius 3 is 1.41 bits per heavy atom. The van der Waals surface area contributed by atoms with Crippen LogP contribution < -0.4 is 15.6 Å². The van der Waals surface area contributed by atoms with E-state index in [0.717, 1.165) is 0 Å². The van der Waals surface area contributed by atoms with E-state index in [1.54, 1.807) is 0 Å². The third kappa shape index (κ3) is 4.28. The number of hydrogen-bond donors (Lipinski definition) is 0. The van der Waals surface area contributed by atoms with Crippen LogP contribution in [0.1, 0.15) is 22.3 Å². The summed E-state index contributed by atoms with van der Waals surface area (Å²) in [5, 5.41) is 4.20. The van der Waals surface area contributed by atoms with E-state index < -0.39 is 8.80 Å². The molecule has 0 saturated heterocycles. The lowest BCUT2D eigenvalue weighted by molar-refractivity contribution is 0.768. The van der Waals surface area contributed by atoms with Gasteiger partial charge in [0.1, 0.15) is 0 Å². The SMILES string of the molecule is c1ccc([Si](c2ccccc2)c2cccc(-c3ccc4c(c3)-c3ccccc3C4(c3ccccc3)c3ccccc3)c2)cc1. The molecule has 0 heterocycles. The van der Waals surface area contributed by atoms with Crippen LogP contribution in [0.25, 0.3) is 22.3 Å². The third-order valence-corrected chi connectivity index (χ3v) is 11.8. The molecule has 0 N–H and O–H groups in total. The summed E-state index contributed by atoms with van der Waals surface area (Å²) in [5.74, 6) is 0. The quantitative estimate of drug-likeness (QED) is 0.138. The Balaban J connectivity index is 1.31. The maximum atomic E-state index is 2.43. The molecule has 0 aromatic heterocycles. The van der Waals surface area contributed by atoms with Gasteiger partial charge in [-0.2, -0.15) is 0 Å². The molecule has 0 bridgehead atoms. The Labute approximate surface area is 261 Å². The summed E-state index contributed by atoms with van der Waals surface area (Å²) < 4.78 is 0. The zero-order chi connectivity index (χ0) is 29.3. The third-order valence-electron chi connectivity index (χ3n) is 9.07. The van der Waals surface area contributed by atoms with Crippen LogP contribution in [-0.2, 0) is 5.41 Å². The highest BCUT2D eigenvalue weighted by molar-refractivity contribution is 6.95. The minimum atomic E-state index is -1.16. The molecule has 0 nitrogen and oxygen atoms in total. The van der Waals surface area contributed by atoms with Crippen LogP contribution in [0, 0.1) is 0 Å². The largest absolute Gasteiger partial charge is 0.154 e. The van der Waals surface area contributed by atoms with Crippen LogP contribution in [0.3, 0.4) is 0 Å². The van der Waals surface area contributed by atoms with Gasteiger partial charge in [0, 0.05) is 0 Å². The van der Waals surface area contributed by atoms with Crippen molar-refractivity contribution in [1.29, 1.82) is 0 Å². The molecule has 0 aliphatic heterocycles. The summed E-state index contributed by atoms with van der Waals surface area (Å²) in [7, 11) is -1.16. The number of hydrogen-bond acceptors (Lipinski definition) is 0. The fourth-order valence-corrected chi connectivity index (χ4v) is 9.81. The maximum Gasteiger partial charge on any atom is 0.154 e. The summed E-state index contributed by atoms with van der Waals surface area (Å²) >= 11 is 0. The van der Waals surface area contributed by atoms with Crippen LogP contribution in [0.4, 0.5) is 0 Å². The Hall–Kier alpha value is -5.24. The van der Waals surface area contributed by atoms with Gasteiger partial charge >= 0.3 is 0 Å². The first-order valence-corrected chi connectivity index (χ1v) is 16.8. The summed E-state index contributed by atoms with van der Waals surface area (Å²) in [5.41, 5.74) is 10.0. The van der Waals surface area contributed by atoms with Crippen molar-refractivity contribution in [3.05, 3.63) is 210 Å². The first kappa shape index (κ1) is 26.4. The van der Waals surface area contributed by atoms with Crippen molar-refractivity contribution in [3.63, 3.8) is 0 Å². The minimum absolute atomic E-state index is 0.369. The van der Waals surface area contributed by atoms with Gasteiger partial charge in [-0.05, 0) is 50.6 Å². The summed E-state index contributed by atoms with van der Waals surface area (Å²) in [6.45, 7) is 0. The van der Waals surface area contributed by atoms with Gasteiger partial charge in [-0.15, -0.1) is 0 Å². The van der Waals surface area contributed by atoms with Crippen molar-refractivity contribution >= 4 is 24.4 Å². The first-order chi connectivity index (χ1) is 21.8. The molecule has 1 aliphatic carbocycles. The number of benzene rings is 7. The van der Waals surface area contributed by atoms with E-state index in [-0.39, 0.29) is 5.41 Å². The monoisotopic (exact) mass is 575 g/mol. The summed E-state index contributed by atoms with van der Waals surface area (Å²) in [6, 6.07) is 69.4. The van der Waals surface area contributed by atoms with E-state index in [1.165, 1.54) is 60.1 Å². The van der Waals surface area contributed by atoms with E-state index in [1.807, 2.05) is 0 Å². The number of rotatable bonds is 6. The molecule has 207 valence electrons. The Kier molecular flexibility index (Phi) is 6.66. The Morgan fingerprint density at radius 2 is 0.795 bits per heavy atom.